The van der Waals surface area contributed by atoms with Crippen LogP contribution >= 0.6 is 43.6 Å². The third kappa shape index (κ3) is 2.46. The molecule has 0 aliphatic carbocycles. The number of anilines is 1. The number of halogens is 2. The quantitative estimate of drug-likeness (QED) is 0.736. The molecule has 0 spiro atoms. The maximum absolute atomic E-state index is 3.60. The van der Waals surface area contributed by atoms with Crippen LogP contribution in [0.5, 0.6) is 0 Å². The van der Waals surface area contributed by atoms with Crippen molar-refractivity contribution in [2.75, 3.05) is 11.1 Å². The number of nitrogens with one attached hydrogen (secondary N) is 1. The normalized spacial score (nSPS) is 17.6. The molecule has 2 aromatic rings. The summed E-state index contributed by atoms with van der Waals surface area (Å²) in [5.74, 6) is 1.09. The highest BCUT2D eigenvalue weighted by molar-refractivity contribution is 9.11. The van der Waals surface area contributed by atoms with Crippen molar-refractivity contribution in [1.82, 2.24) is 0 Å². The molecule has 1 aliphatic rings. The van der Waals surface area contributed by atoms with E-state index in [1.54, 1.807) is 0 Å². The van der Waals surface area contributed by atoms with Crippen molar-refractivity contribution in [3.63, 3.8) is 0 Å². The second-order valence-electron chi connectivity index (χ2n) is 4.17. The van der Waals surface area contributed by atoms with Crippen LogP contribution < -0.4 is 5.32 Å². The molecule has 4 heteroatoms. The first-order valence-corrected chi connectivity index (χ1v) is 8.24. The SMILES string of the molecule is Brc1ccc(NC2CSc3ccccc32)c(Br)c1. The van der Waals surface area contributed by atoms with Gasteiger partial charge in [-0.2, -0.15) is 0 Å². The van der Waals surface area contributed by atoms with Gasteiger partial charge in [0.1, 0.15) is 0 Å². The molecule has 1 nitrogen and oxygen atoms in total. The van der Waals surface area contributed by atoms with E-state index in [-0.39, 0.29) is 0 Å². The van der Waals surface area contributed by atoms with Gasteiger partial charge in [0.15, 0.2) is 0 Å². The summed E-state index contributed by atoms with van der Waals surface area (Å²) in [6.07, 6.45) is 0. The van der Waals surface area contributed by atoms with E-state index in [2.05, 4.69) is 79.6 Å². The van der Waals surface area contributed by atoms with Crippen LogP contribution in [0.3, 0.4) is 0 Å². The Bertz CT molecular complexity index is 586. The van der Waals surface area contributed by atoms with Gasteiger partial charge in [-0.15, -0.1) is 11.8 Å². The van der Waals surface area contributed by atoms with Gasteiger partial charge in [-0.3, -0.25) is 0 Å². The van der Waals surface area contributed by atoms with Gasteiger partial charge in [0.05, 0.1) is 6.04 Å². The molecule has 0 bridgehead atoms. The predicted octanol–water partition coefficient (Wildman–Crippen LogP) is 5.47. The molecule has 1 aliphatic heterocycles. The van der Waals surface area contributed by atoms with E-state index in [9.17, 15) is 0 Å². The molecule has 1 atom stereocenters. The second-order valence-corrected chi connectivity index (χ2v) is 7.00. The molecular formula is C14H11Br2NS. The van der Waals surface area contributed by atoms with Crippen LogP contribution in [0.2, 0.25) is 0 Å². The van der Waals surface area contributed by atoms with E-state index in [0.717, 1.165) is 20.4 Å². The van der Waals surface area contributed by atoms with Crippen LogP contribution in [0, 0.1) is 0 Å². The smallest absolute Gasteiger partial charge is 0.0619 e. The van der Waals surface area contributed by atoms with Crippen molar-refractivity contribution in [1.29, 1.82) is 0 Å². The highest BCUT2D eigenvalue weighted by Gasteiger charge is 2.22. The minimum atomic E-state index is 0.392. The van der Waals surface area contributed by atoms with E-state index >= 15 is 0 Å². The van der Waals surface area contributed by atoms with Gasteiger partial charge in [0, 0.05) is 25.3 Å². The first-order valence-electron chi connectivity index (χ1n) is 5.67. The Hall–Kier alpha value is -0.450. The summed E-state index contributed by atoms with van der Waals surface area (Å²) in [6, 6.07) is 15.2. The highest BCUT2D eigenvalue weighted by Crippen LogP contribution is 2.40. The van der Waals surface area contributed by atoms with E-state index in [1.807, 2.05) is 11.8 Å². The van der Waals surface area contributed by atoms with Gasteiger partial charge in [0.25, 0.3) is 0 Å². The summed E-state index contributed by atoms with van der Waals surface area (Å²) >= 11 is 8.99. The fourth-order valence-electron chi connectivity index (χ4n) is 2.08. The first-order chi connectivity index (χ1) is 8.74. The largest absolute Gasteiger partial charge is 0.376 e. The maximum atomic E-state index is 3.60. The molecule has 3 rings (SSSR count). The lowest BCUT2D eigenvalue weighted by atomic mass is 10.1. The van der Waals surface area contributed by atoms with Gasteiger partial charge < -0.3 is 5.32 Å². The summed E-state index contributed by atoms with van der Waals surface area (Å²) in [4.78, 5) is 1.39. The van der Waals surface area contributed by atoms with Gasteiger partial charge in [-0.25, -0.2) is 0 Å². The van der Waals surface area contributed by atoms with Crippen LogP contribution in [0.4, 0.5) is 5.69 Å². The summed E-state index contributed by atoms with van der Waals surface area (Å²) < 4.78 is 2.17. The number of hydrogen-bond acceptors (Lipinski definition) is 2. The molecule has 0 aromatic heterocycles. The van der Waals surface area contributed by atoms with E-state index in [1.165, 1.54) is 10.5 Å². The Morgan fingerprint density at radius 1 is 1.11 bits per heavy atom. The van der Waals surface area contributed by atoms with Crippen molar-refractivity contribution < 1.29 is 0 Å². The standard InChI is InChI=1S/C14H11Br2NS/c15-9-5-6-12(11(16)7-9)17-13-8-18-14-4-2-1-3-10(13)14/h1-7,13,17H,8H2. The summed E-state index contributed by atoms with van der Waals surface area (Å²) in [5.41, 5.74) is 2.54. The monoisotopic (exact) mass is 383 g/mol. The summed E-state index contributed by atoms with van der Waals surface area (Å²) in [6.45, 7) is 0. The van der Waals surface area contributed by atoms with E-state index < -0.39 is 0 Å². The van der Waals surface area contributed by atoms with Crippen molar-refractivity contribution in [3.05, 3.63) is 57.0 Å². The van der Waals surface area contributed by atoms with Gasteiger partial charge in [-0.1, -0.05) is 34.1 Å². The number of benzene rings is 2. The van der Waals surface area contributed by atoms with E-state index in [0.29, 0.717) is 6.04 Å². The highest BCUT2D eigenvalue weighted by atomic mass is 79.9. The van der Waals surface area contributed by atoms with Crippen LogP contribution in [0.1, 0.15) is 11.6 Å². The topological polar surface area (TPSA) is 12.0 Å². The zero-order chi connectivity index (χ0) is 12.5. The first kappa shape index (κ1) is 12.6. The third-order valence-corrected chi connectivity index (χ3v) is 5.29. The van der Waals surface area contributed by atoms with Gasteiger partial charge >= 0.3 is 0 Å². The molecule has 0 saturated carbocycles. The third-order valence-electron chi connectivity index (χ3n) is 2.96. The van der Waals surface area contributed by atoms with Crippen LogP contribution in [-0.2, 0) is 0 Å². The van der Waals surface area contributed by atoms with Gasteiger partial charge in [0.2, 0.25) is 0 Å². The zero-order valence-electron chi connectivity index (χ0n) is 9.49. The molecular weight excluding hydrogens is 374 g/mol. The zero-order valence-corrected chi connectivity index (χ0v) is 13.5. The summed E-state index contributed by atoms with van der Waals surface area (Å²) in [5, 5.41) is 3.60. The molecule has 92 valence electrons. The molecule has 2 aromatic carbocycles. The molecule has 0 fully saturated rings. The number of rotatable bonds is 2. The Morgan fingerprint density at radius 3 is 2.78 bits per heavy atom. The van der Waals surface area contributed by atoms with Crippen LogP contribution in [0.15, 0.2) is 56.3 Å². The molecule has 0 amide bonds. The lowest BCUT2D eigenvalue weighted by molar-refractivity contribution is 0.899. The van der Waals surface area contributed by atoms with Crippen molar-refractivity contribution in [2.45, 2.75) is 10.9 Å². The lowest BCUT2D eigenvalue weighted by Crippen LogP contribution is -2.10. The lowest BCUT2D eigenvalue weighted by Gasteiger charge is -2.16. The predicted molar refractivity (Wildman–Crippen MR) is 85.4 cm³/mol. The Kier molecular flexibility index (Phi) is 3.68. The second kappa shape index (κ2) is 5.27. The van der Waals surface area contributed by atoms with Gasteiger partial charge in [-0.05, 0) is 45.8 Å². The van der Waals surface area contributed by atoms with Crippen LogP contribution in [0.25, 0.3) is 0 Å². The molecule has 1 N–H and O–H groups in total. The maximum Gasteiger partial charge on any atom is 0.0619 e. The molecule has 1 heterocycles. The Labute approximate surface area is 128 Å². The Morgan fingerprint density at radius 2 is 1.94 bits per heavy atom. The van der Waals surface area contributed by atoms with Crippen molar-refractivity contribution in [3.8, 4) is 0 Å². The average molecular weight is 385 g/mol. The Balaban J connectivity index is 1.86. The molecule has 18 heavy (non-hydrogen) atoms. The number of thioether (sulfide) groups is 1. The van der Waals surface area contributed by atoms with Crippen molar-refractivity contribution >= 4 is 49.3 Å². The minimum Gasteiger partial charge on any atom is -0.376 e. The average Bonchev–Trinajstić information content (AvgIpc) is 2.76. The van der Waals surface area contributed by atoms with E-state index in [4.69, 9.17) is 0 Å². The number of hydrogen-bond donors (Lipinski definition) is 1. The van der Waals surface area contributed by atoms with Crippen LogP contribution in [-0.4, -0.2) is 5.75 Å². The fraction of sp³-hybridized carbons (Fsp3) is 0.143. The molecule has 1 unspecified atom stereocenters. The van der Waals surface area contributed by atoms with Crippen molar-refractivity contribution in [2.24, 2.45) is 0 Å². The number of fused-ring (bicyclic) bond motifs is 1. The summed E-state index contributed by atoms with van der Waals surface area (Å²) in [7, 11) is 0. The minimum absolute atomic E-state index is 0.392. The fourth-order valence-corrected chi connectivity index (χ4v) is 4.40. The molecule has 0 saturated heterocycles. The molecule has 0 radical (unpaired) electrons.